The maximum absolute atomic E-state index is 12.4. The number of carbonyl (C=O) groups is 2. The molecule has 3 rings (SSSR count). The molecule has 1 aromatic heterocycles. The molecule has 150 valence electrons. The van der Waals surface area contributed by atoms with E-state index in [4.69, 9.17) is 4.74 Å². The standard InChI is InChI=1S/C20H26N4O3S/c1-2-6-17-19(28-23-22-17)20(26)21-13-15-9-11-24(12-10-15)18(25)14-27-16-7-4-3-5-8-16/h3-5,7-8,15H,2,6,9-14H2,1H3,(H,21,26). The predicted molar refractivity (Wildman–Crippen MR) is 107 cm³/mol. The number of rotatable bonds is 8. The van der Waals surface area contributed by atoms with Crippen molar-refractivity contribution in [3.8, 4) is 5.75 Å². The Morgan fingerprint density at radius 2 is 2.00 bits per heavy atom. The van der Waals surface area contributed by atoms with Gasteiger partial charge in [0.2, 0.25) is 0 Å². The lowest BCUT2D eigenvalue weighted by atomic mass is 9.96. The van der Waals surface area contributed by atoms with Gasteiger partial charge in [-0.2, -0.15) is 0 Å². The molecule has 8 heteroatoms. The van der Waals surface area contributed by atoms with E-state index in [1.165, 1.54) is 0 Å². The first-order valence-corrected chi connectivity index (χ1v) is 10.5. The van der Waals surface area contributed by atoms with Crippen LogP contribution in [0.4, 0.5) is 0 Å². The monoisotopic (exact) mass is 402 g/mol. The second-order valence-corrected chi connectivity index (χ2v) is 7.69. The zero-order valence-electron chi connectivity index (χ0n) is 16.1. The molecule has 1 saturated heterocycles. The van der Waals surface area contributed by atoms with Gasteiger partial charge in [0.25, 0.3) is 11.8 Å². The van der Waals surface area contributed by atoms with Crippen LogP contribution in [0.5, 0.6) is 5.75 Å². The molecular formula is C20H26N4O3S. The van der Waals surface area contributed by atoms with Crippen LogP contribution in [0.2, 0.25) is 0 Å². The summed E-state index contributed by atoms with van der Waals surface area (Å²) in [5.41, 5.74) is 0.781. The van der Waals surface area contributed by atoms with Crippen molar-refractivity contribution in [1.82, 2.24) is 19.8 Å². The maximum atomic E-state index is 12.4. The van der Waals surface area contributed by atoms with Crippen molar-refractivity contribution in [2.45, 2.75) is 32.6 Å². The van der Waals surface area contributed by atoms with E-state index in [-0.39, 0.29) is 18.4 Å². The normalized spacial score (nSPS) is 14.7. The molecule has 1 fully saturated rings. The fourth-order valence-electron chi connectivity index (χ4n) is 3.24. The SMILES string of the molecule is CCCc1nnsc1C(=O)NCC1CCN(C(=O)COc2ccccc2)CC1. The number of aromatic nitrogens is 2. The van der Waals surface area contributed by atoms with Gasteiger partial charge in [-0.15, -0.1) is 5.10 Å². The third kappa shape index (κ3) is 5.51. The van der Waals surface area contributed by atoms with Crippen LogP contribution in [0, 0.1) is 5.92 Å². The number of para-hydroxylation sites is 1. The quantitative estimate of drug-likeness (QED) is 0.734. The molecule has 2 amide bonds. The lowest BCUT2D eigenvalue weighted by molar-refractivity contribution is -0.134. The molecule has 2 heterocycles. The maximum Gasteiger partial charge on any atom is 0.264 e. The number of carbonyl (C=O) groups excluding carboxylic acids is 2. The summed E-state index contributed by atoms with van der Waals surface area (Å²) < 4.78 is 9.44. The molecule has 7 nitrogen and oxygen atoms in total. The number of benzene rings is 1. The molecule has 1 aromatic carbocycles. The van der Waals surface area contributed by atoms with Crippen LogP contribution in [0.25, 0.3) is 0 Å². The van der Waals surface area contributed by atoms with Gasteiger partial charge in [0.05, 0.1) is 5.69 Å². The Morgan fingerprint density at radius 3 is 2.71 bits per heavy atom. The minimum absolute atomic E-state index is 0.00582. The first-order valence-electron chi connectivity index (χ1n) is 9.72. The van der Waals surface area contributed by atoms with Crippen LogP contribution in [0.15, 0.2) is 30.3 Å². The van der Waals surface area contributed by atoms with Crippen LogP contribution in [0.1, 0.15) is 41.6 Å². The van der Waals surface area contributed by atoms with Crippen molar-refractivity contribution >= 4 is 23.3 Å². The number of aryl methyl sites for hydroxylation is 1. The average Bonchev–Trinajstić information content (AvgIpc) is 3.20. The fourth-order valence-corrected chi connectivity index (χ4v) is 3.86. The lowest BCUT2D eigenvalue weighted by Crippen LogP contribution is -2.43. The summed E-state index contributed by atoms with van der Waals surface area (Å²) in [6, 6.07) is 9.36. The topological polar surface area (TPSA) is 84.4 Å². The molecule has 0 unspecified atom stereocenters. The van der Waals surface area contributed by atoms with E-state index < -0.39 is 0 Å². The van der Waals surface area contributed by atoms with Crippen LogP contribution >= 0.6 is 11.5 Å². The Hall–Kier alpha value is -2.48. The zero-order valence-corrected chi connectivity index (χ0v) is 16.9. The summed E-state index contributed by atoms with van der Waals surface area (Å²) in [6.45, 7) is 4.12. The van der Waals surface area contributed by atoms with E-state index in [1.807, 2.05) is 35.2 Å². The molecule has 1 N–H and O–H groups in total. The van der Waals surface area contributed by atoms with Crippen molar-refractivity contribution < 1.29 is 14.3 Å². The number of nitrogens with one attached hydrogen (secondary N) is 1. The molecule has 1 aliphatic heterocycles. The Balaban J connectivity index is 1.38. The number of nitrogens with zero attached hydrogens (tertiary/aromatic N) is 3. The van der Waals surface area contributed by atoms with Crippen molar-refractivity contribution in [2.75, 3.05) is 26.2 Å². The van der Waals surface area contributed by atoms with Crippen LogP contribution in [-0.4, -0.2) is 52.5 Å². The van der Waals surface area contributed by atoms with E-state index in [9.17, 15) is 9.59 Å². The molecular weight excluding hydrogens is 376 g/mol. The first-order chi connectivity index (χ1) is 13.7. The molecule has 1 aliphatic rings. The number of amides is 2. The lowest BCUT2D eigenvalue weighted by Gasteiger charge is -2.32. The number of hydrogen-bond donors (Lipinski definition) is 1. The Morgan fingerprint density at radius 1 is 1.25 bits per heavy atom. The highest BCUT2D eigenvalue weighted by molar-refractivity contribution is 7.08. The molecule has 0 atom stereocenters. The Bertz CT molecular complexity index is 773. The van der Waals surface area contributed by atoms with Gasteiger partial charge >= 0.3 is 0 Å². The largest absolute Gasteiger partial charge is 0.484 e. The van der Waals surface area contributed by atoms with E-state index >= 15 is 0 Å². The predicted octanol–water partition coefficient (Wildman–Crippen LogP) is 2.54. The summed E-state index contributed by atoms with van der Waals surface area (Å²) in [7, 11) is 0. The van der Waals surface area contributed by atoms with Gasteiger partial charge in [-0.1, -0.05) is 36.0 Å². The summed E-state index contributed by atoms with van der Waals surface area (Å²) in [6.07, 6.45) is 3.46. The van der Waals surface area contributed by atoms with Crippen LogP contribution in [-0.2, 0) is 11.2 Å². The van der Waals surface area contributed by atoms with E-state index in [0.717, 1.165) is 42.9 Å². The van der Waals surface area contributed by atoms with Crippen molar-refractivity contribution in [3.63, 3.8) is 0 Å². The van der Waals surface area contributed by atoms with Gasteiger partial charge in [-0.3, -0.25) is 9.59 Å². The van der Waals surface area contributed by atoms with E-state index in [1.54, 1.807) is 0 Å². The van der Waals surface area contributed by atoms with Gasteiger partial charge in [0, 0.05) is 19.6 Å². The van der Waals surface area contributed by atoms with Gasteiger partial charge in [0.1, 0.15) is 10.6 Å². The smallest absolute Gasteiger partial charge is 0.264 e. The number of ether oxygens (including phenoxy) is 1. The average molecular weight is 403 g/mol. The first kappa shape index (κ1) is 20.3. The molecule has 0 aliphatic carbocycles. The van der Waals surface area contributed by atoms with Crippen LogP contribution in [0.3, 0.4) is 0 Å². The number of piperidine rings is 1. The van der Waals surface area contributed by atoms with E-state index in [0.29, 0.717) is 36.2 Å². The highest BCUT2D eigenvalue weighted by atomic mass is 32.1. The van der Waals surface area contributed by atoms with Crippen molar-refractivity contribution in [1.29, 1.82) is 0 Å². The highest BCUT2D eigenvalue weighted by Gasteiger charge is 2.24. The van der Waals surface area contributed by atoms with Gasteiger partial charge in [0.15, 0.2) is 6.61 Å². The van der Waals surface area contributed by atoms with Crippen LogP contribution < -0.4 is 10.1 Å². The Labute approximate surface area is 169 Å². The molecule has 0 radical (unpaired) electrons. The minimum atomic E-state index is -0.0896. The summed E-state index contributed by atoms with van der Waals surface area (Å²) in [4.78, 5) is 27.2. The number of likely N-dealkylation sites (tertiary alicyclic amines) is 1. The molecule has 0 spiro atoms. The summed E-state index contributed by atoms with van der Waals surface area (Å²) >= 11 is 1.15. The highest BCUT2D eigenvalue weighted by Crippen LogP contribution is 2.18. The third-order valence-corrected chi connectivity index (χ3v) is 5.64. The van der Waals surface area contributed by atoms with Gasteiger partial charge < -0.3 is 15.0 Å². The molecule has 28 heavy (non-hydrogen) atoms. The van der Waals surface area contributed by atoms with Gasteiger partial charge in [-0.05, 0) is 48.8 Å². The van der Waals surface area contributed by atoms with Crippen molar-refractivity contribution in [3.05, 3.63) is 40.9 Å². The van der Waals surface area contributed by atoms with Crippen molar-refractivity contribution in [2.24, 2.45) is 5.92 Å². The molecule has 2 aromatic rings. The van der Waals surface area contributed by atoms with Gasteiger partial charge in [-0.25, -0.2) is 0 Å². The molecule has 0 saturated carbocycles. The fraction of sp³-hybridized carbons (Fsp3) is 0.500. The van der Waals surface area contributed by atoms with E-state index in [2.05, 4.69) is 21.8 Å². The summed E-state index contributed by atoms with van der Waals surface area (Å²) in [5, 5.41) is 7.05. The second kappa shape index (κ2) is 10.2. The Kier molecular flexibility index (Phi) is 7.36. The zero-order chi connectivity index (χ0) is 19.8. The molecule has 0 bridgehead atoms. The third-order valence-electron chi connectivity index (χ3n) is 4.87. The second-order valence-electron chi connectivity index (χ2n) is 6.93. The summed E-state index contributed by atoms with van der Waals surface area (Å²) in [5.74, 6) is 0.992. The minimum Gasteiger partial charge on any atom is -0.484 e. The number of hydrogen-bond acceptors (Lipinski definition) is 6.